The summed E-state index contributed by atoms with van der Waals surface area (Å²) in [5, 5.41) is 10.4. The van der Waals surface area contributed by atoms with Gasteiger partial charge in [0.15, 0.2) is 0 Å². The number of ether oxygens (including phenoxy) is 1. The molecule has 1 aromatic carbocycles. The van der Waals surface area contributed by atoms with Gasteiger partial charge in [-0.2, -0.15) is 0 Å². The van der Waals surface area contributed by atoms with Crippen LogP contribution in [0.2, 0.25) is 0 Å². The van der Waals surface area contributed by atoms with Gasteiger partial charge in [-0.3, -0.25) is 10.1 Å². The molecule has 0 aliphatic carbocycles. The molecule has 0 radical (unpaired) electrons. The van der Waals surface area contributed by atoms with Crippen molar-refractivity contribution in [2.45, 2.75) is 37.2 Å². The molecule has 104 valence electrons. The van der Waals surface area contributed by atoms with Gasteiger partial charge >= 0.3 is 5.88 Å². The molecule has 0 amide bonds. The Morgan fingerprint density at radius 3 is 2.74 bits per heavy atom. The van der Waals surface area contributed by atoms with Gasteiger partial charge in [0.2, 0.25) is 9.84 Å². The van der Waals surface area contributed by atoms with Crippen LogP contribution in [0.25, 0.3) is 0 Å². The van der Waals surface area contributed by atoms with Crippen molar-refractivity contribution in [3.8, 4) is 5.75 Å². The zero-order chi connectivity index (χ0) is 14.3. The van der Waals surface area contributed by atoms with E-state index in [9.17, 15) is 18.5 Å². The maximum Gasteiger partial charge on any atom is 0.305 e. The van der Waals surface area contributed by atoms with Crippen LogP contribution in [-0.4, -0.2) is 24.8 Å². The van der Waals surface area contributed by atoms with Crippen LogP contribution >= 0.6 is 0 Å². The Kier molecular flexibility index (Phi) is 3.25. The van der Waals surface area contributed by atoms with Crippen LogP contribution in [-0.2, 0) is 16.3 Å². The smallest absolute Gasteiger partial charge is 0.305 e. The van der Waals surface area contributed by atoms with Crippen molar-refractivity contribution in [1.29, 1.82) is 0 Å². The zero-order valence-corrected chi connectivity index (χ0v) is 11.6. The van der Waals surface area contributed by atoms with Gasteiger partial charge in [0.25, 0.3) is 0 Å². The molecule has 0 aromatic heterocycles. The van der Waals surface area contributed by atoms with E-state index in [1.165, 1.54) is 12.1 Å². The standard InChI is InChI=1S/C12H15NO5S/c1-12(2)6-5-9-7-10(3-4-11(9)18-12)19(16,17)8-13(14)15/h3-4,7H,5-6,8H2,1-2H3. The molecular weight excluding hydrogens is 270 g/mol. The molecule has 0 saturated heterocycles. The highest BCUT2D eigenvalue weighted by atomic mass is 32.2. The molecule has 0 fully saturated rings. The van der Waals surface area contributed by atoms with Gasteiger partial charge in [0, 0.05) is 4.92 Å². The van der Waals surface area contributed by atoms with Crippen LogP contribution in [0.15, 0.2) is 23.1 Å². The summed E-state index contributed by atoms with van der Waals surface area (Å²) >= 11 is 0. The third-order valence-corrected chi connectivity index (χ3v) is 4.57. The second-order valence-corrected chi connectivity index (χ2v) is 7.17. The Bertz CT molecular complexity index is 621. The predicted molar refractivity (Wildman–Crippen MR) is 68.5 cm³/mol. The molecule has 1 aliphatic heterocycles. The average Bonchev–Trinajstić information content (AvgIpc) is 2.25. The van der Waals surface area contributed by atoms with Crippen molar-refractivity contribution in [2.75, 3.05) is 5.88 Å². The van der Waals surface area contributed by atoms with Crippen molar-refractivity contribution >= 4 is 9.84 Å². The normalized spacial score (nSPS) is 17.4. The fourth-order valence-electron chi connectivity index (χ4n) is 2.04. The number of aryl methyl sites for hydroxylation is 1. The van der Waals surface area contributed by atoms with E-state index in [4.69, 9.17) is 4.74 Å². The van der Waals surface area contributed by atoms with E-state index in [0.717, 1.165) is 12.0 Å². The topological polar surface area (TPSA) is 86.5 Å². The van der Waals surface area contributed by atoms with E-state index in [0.29, 0.717) is 12.2 Å². The first-order chi connectivity index (χ1) is 8.70. The molecule has 0 spiro atoms. The summed E-state index contributed by atoms with van der Waals surface area (Å²) in [6, 6.07) is 4.41. The molecule has 1 aliphatic rings. The molecule has 0 unspecified atom stereocenters. The average molecular weight is 285 g/mol. The molecular formula is C12H15NO5S. The Hall–Kier alpha value is -1.63. The van der Waals surface area contributed by atoms with Crippen LogP contribution in [0.4, 0.5) is 0 Å². The molecule has 0 bridgehead atoms. The first kappa shape index (κ1) is 13.8. The van der Waals surface area contributed by atoms with E-state index in [1.807, 2.05) is 13.8 Å². The van der Waals surface area contributed by atoms with Crippen molar-refractivity contribution in [2.24, 2.45) is 0 Å². The van der Waals surface area contributed by atoms with E-state index < -0.39 is 20.6 Å². The lowest BCUT2D eigenvalue weighted by Gasteiger charge is -2.32. The number of nitrogens with zero attached hydrogens (tertiary/aromatic N) is 1. The van der Waals surface area contributed by atoms with Gasteiger partial charge in [0.05, 0.1) is 4.90 Å². The van der Waals surface area contributed by atoms with Gasteiger partial charge in [-0.1, -0.05) is 0 Å². The summed E-state index contributed by atoms with van der Waals surface area (Å²) < 4.78 is 29.3. The Balaban J connectivity index is 2.35. The Labute approximate surface area is 111 Å². The number of fused-ring (bicyclic) bond motifs is 1. The van der Waals surface area contributed by atoms with E-state index in [2.05, 4.69) is 0 Å². The van der Waals surface area contributed by atoms with Crippen molar-refractivity contribution in [3.05, 3.63) is 33.9 Å². The fourth-order valence-corrected chi connectivity index (χ4v) is 3.07. The van der Waals surface area contributed by atoms with Crippen LogP contribution in [0.3, 0.4) is 0 Å². The summed E-state index contributed by atoms with van der Waals surface area (Å²) in [7, 11) is -3.88. The van der Waals surface area contributed by atoms with Crippen LogP contribution in [0.5, 0.6) is 5.75 Å². The van der Waals surface area contributed by atoms with Crippen molar-refractivity contribution in [1.82, 2.24) is 0 Å². The highest BCUT2D eigenvalue weighted by molar-refractivity contribution is 7.91. The Morgan fingerprint density at radius 2 is 2.11 bits per heavy atom. The second-order valence-electron chi connectivity index (χ2n) is 5.21. The minimum absolute atomic E-state index is 0.0220. The first-order valence-electron chi connectivity index (χ1n) is 5.86. The molecule has 19 heavy (non-hydrogen) atoms. The third kappa shape index (κ3) is 3.04. The molecule has 1 heterocycles. The number of rotatable bonds is 3. The van der Waals surface area contributed by atoms with Gasteiger partial charge in [-0.15, -0.1) is 0 Å². The highest BCUT2D eigenvalue weighted by Crippen LogP contribution is 2.34. The van der Waals surface area contributed by atoms with Gasteiger partial charge < -0.3 is 4.74 Å². The SMILES string of the molecule is CC1(C)CCc2cc(S(=O)(=O)C[N+](=O)[O-])ccc2O1. The quantitative estimate of drug-likeness (QED) is 0.624. The summed E-state index contributed by atoms with van der Waals surface area (Å²) in [6.45, 7) is 3.93. The summed E-state index contributed by atoms with van der Waals surface area (Å²) in [5.41, 5.74) is 0.512. The number of hydrogen-bond donors (Lipinski definition) is 0. The molecule has 0 atom stereocenters. The van der Waals surface area contributed by atoms with Gasteiger partial charge in [0.1, 0.15) is 11.4 Å². The number of hydrogen-bond acceptors (Lipinski definition) is 5. The molecule has 0 N–H and O–H groups in total. The van der Waals surface area contributed by atoms with Crippen LogP contribution in [0.1, 0.15) is 25.8 Å². The minimum atomic E-state index is -3.88. The summed E-state index contributed by atoms with van der Waals surface area (Å²) in [4.78, 5) is 9.50. The molecule has 0 saturated carbocycles. The third-order valence-electron chi connectivity index (χ3n) is 3.05. The molecule has 6 nitrogen and oxygen atoms in total. The van der Waals surface area contributed by atoms with Crippen molar-refractivity contribution in [3.63, 3.8) is 0 Å². The number of sulfone groups is 1. The number of benzene rings is 1. The second kappa shape index (κ2) is 4.48. The Morgan fingerprint density at radius 1 is 1.42 bits per heavy atom. The summed E-state index contributed by atoms with van der Waals surface area (Å²) in [5.74, 6) is -0.436. The first-order valence-corrected chi connectivity index (χ1v) is 7.51. The minimum Gasteiger partial charge on any atom is -0.488 e. The zero-order valence-electron chi connectivity index (χ0n) is 10.8. The summed E-state index contributed by atoms with van der Waals surface area (Å²) in [6.07, 6.45) is 1.48. The largest absolute Gasteiger partial charge is 0.488 e. The maximum atomic E-state index is 11.8. The molecule has 1 aromatic rings. The van der Waals surface area contributed by atoms with Gasteiger partial charge in [-0.05, 0) is 50.5 Å². The highest BCUT2D eigenvalue weighted by Gasteiger charge is 2.28. The lowest BCUT2D eigenvalue weighted by Crippen LogP contribution is -2.32. The fraction of sp³-hybridized carbons (Fsp3) is 0.500. The molecule has 2 rings (SSSR count). The number of nitro groups is 1. The molecule has 7 heteroatoms. The van der Waals surface area contributed by atoms with Crippen molar-refractivity contribution < 1.29 is 18.1 Å². The van der Waals surface area contributed by atoms with E-state index in [-0.39, 0.29) is 10.5 Å². The van der Waals surface area contributed by atoms with Crippen LogP contribution < -0.4 is 4.74 Å². The monoisotopic (exact) mass is 285 g/mol. The lowest BCUT2D eigenvalue weighted by atomic mass is 9.94. The van der Waals surface area contributed by atoms with Gasteiger partial charge in [-0.25, -0.2) is 8.42 Å². The van der Waals surface area contributed by atoms with Crippen LogP contribution in [0, 0.1) is 10.1 Å². The van der Waals surface area contributed by atoms with E-state index >= 15 is 0 Å². The predicted octanol–water partition coefficient (Wildman–Crippen LogP) is 1.80. The van der Waals surface area contributed by atoms with E-state index in [1.54, 1.807) is 6.07 Å². The maximum absolute atomic E-state index is 11.8. The lowest BCUT2D eigenvalue weighted by molar-refractivity contribution is -0.458.